The van der Waals surface area contributed by atoms with E-state index in [4.69, 9.17) is 5.11 Å². The Hall–Kier alpha value is -1.55. The van der Waals surface area contributed by atoms with E-state index < -0.39 is 5.97 Å². The molecule has 1 aliphatic rings. The zero-order valence-corrected chi connectivity index (χ0v) is 9.89. The molecule has 4 nitrogen and oxygen atoms in total. The summed E-state index contributed by atoms with van der Waals surface area (Å²) in [6, 6.07) is 5.26. The molecule has 1 atom stereocenters. The number of carbonyl (C=O) groups is 1. The largest absolute Gasteiger partial charge is 0.478 e. The van der Waals surface area contributed by atoms with Crippen molar-refractivity contribution in [2.24, 2.45) is 0 Å². The zero-order valence-electron chi connectivity index (χ0n) is 9.89. The van der Waals surface area contributed by atoms with Crippen LogP contribution >= 0.6 is 0 Å². The molecule has 2 rings (SSSR count). The van der Waals surface area contributed by atoms with Gasteiger partial charge in [-0.1, -0.05) is 0 Å². The molecule has 0 aromatic heterocycles. The molecule has 2 N–H and O–H groups in total. The Morgan fingerprint density at radius 1 is 1.53 bits per heavy atom. The van der Waals surface area contributed by atoms with Gasteiger partial charge < -0.3 is 15.1 Å². The van der Waals surface area contributed by atoms with Gasteiger partial charge in [-0.25, -0.2) is 4.79 Å². The van der Waals surface area contributed by atoms with Crippen molar-refractivity contribution in [2.45, 2.75) is 25.9 Å². The standard InChI is InChI=1S/C13H17NO3/c1-9(15)4-6-14-7-5-10-8-11(13(16)17)2-3-12(10)14/h2-3,8-9,15H,4-7H2,1H3,(H,16,17). The highest BCUT2D eigenvalue weighted by Gasteiger charge is 2.20. The minimum atomic E-state index is -0.879. The number of nitrogens with zero attached hydrogens (tertiary/aromatic N) is 1. The first kappa shape index (κ1) is 11.9. The van der Waals surface area contributed by atoms with Gasteiger partial charge in [0.05, 0.1) is 11.7 Å². The third kappa shape index (κ3) is 2.58. The van der Waals surface area contributed by atoms with E-state index in [1.165, 1.54) is 0 Å². The monoisotopic (exact) mass is 235 g/mol. The number of anilines is 1. The average Bonchev–Trinajstić information content (AvgIpc) is 2.68. The predicted octanol–water partition coefficient (Wildman–Crippen LogP) is 1.52. The van der Waals surface area contributed by atoms with Crippen LogP contribution in [0.25, 0.3) is 0 Å². The molecule has 0 bridgehead atoms. The minimum absolute atomic E-state index is 0.294. The lowest BCUT2D eigenvalue weighted by atomic mass is 10.1. The number of carboxylic acids is 1. The number of benzene rings is 1. The molecule has 0 spiro atoms. The van der Waals surface area contributed by atoms with Gasteiger partial charge in [0.1, 0.15) is 0 Å². The van der Waals surface area contributed by atoms with E-state index in [0.29, 0.717) is 5.56 Å². The quantitative estimate of drug-likeness (QED) is 0.830. The molecule has 17 heavy (non-hydrogen) atoms. The van der Waals surface area contributed by atoms with Crippen LogP contribution in [0.3, 0.4) is 0 Å². The lowest BCUT2D eigenvalue weighted by Crippen LogP contribution is -2.24. The number of rotatable bonds is 4. The number of carboxylic acid groups (broad SMARTS) is 1. The van der Waals surface area contributed by atoms with Crippen LogP contribution in [0.2, 0.25) is 0 Å². The number of hydrogen-bond donors (Lipinski definition) is 2. The van der Waals surface area contributed by atoms with Crippen molar-refractivity contribution in [1.29, 1.82) is 0 Å². The number of aliphatic hydroxyl groups is 1. The summed E-state index contributed by atoms with van der Waals surface area (Å²) in [5.41, 5.74) is 2.55. The van der Waals surface area contributed by atoms with Crippen LogP contribution in [0.15, 0.2) is 18.2 Å². The summed E-state index contributed by atoms with van der Waals surface area (Å²) in [6.07, 6.45) is 1.33. The second-order valence-electron chi connectivity index (χ2n) is 4.52. The van der Waals surface area contributed by atoms with Gasteiger partial charge in [0, 0.05) is 18.8 Å². The second-order valence-corrected chi connectivity index (χ2v) is 4.52. The van der Waals surface area contributed by atoms with E-state index in [0.717, 1.165) is 37.2 Å². The van der Waals surface area contributed by atoms with Crippen LogP contribution < -0.4 is 4.90 Å². The Kier molecular flexibility index (Phi) is 3.33. The Morgan fingerprint density at radius 3 is 2.94 bits per heavy atom. The lowest BCUT2D eigenvalue weighted by molar-refractivity contribution is 0.0697. The zero-order chi connectivity index (χ0) is 12.4. The highest BCUT2D eigenvalue weighted by molar-refractivity contribution is 5.88. The number of aromatic carboxylic acids is 1. The van der Waals surface area contributed by atoms with Crippen LogP contribution in [-0.4, -0.2) is 35.4 Å². The van der Waals surface area contributed by atoms with E-state index in [1.54, 1.807) is 19.1 Å². The van der Waals surface area contributed by atoms with Crippen LogP contribution in [0.1, 0.15) is 29.3 Å². The molecule has 0 saturated heterocycles. The number of fused-ring (bicyclic) bond motifs is 1. The van der Waals surface area contributed by atoms with Crippen molar-refractivity contribution in [1.82, 2.24) is 0 Å². The molecule has 1 aromatic rings. The van der Waals surface area contributed by atoms with Gasteiger partial charge in [0.2, 0.25) is 0 Å². The van der Waals surface area contributed by atoms with E-state index in [-0.39, 0.29) is 6.10 Å². The van der Waals surface area contributed by atoms with Crippen molar-refractivity contribution >= 4 is 11.7 Å². The molecule has 1 heterocycles. The Bertz CT molecular complexity index is 429. The molecule has 1 aromatic carbocycles. The van der Waals surface area contributed by atoms with Crippen molar-refractivity contribution in [3.8, 4) is 0 Å². The van der Waals surface area contributed by atoms with Crippen molar-refractivity contribution < 1.29 is 15.0 Å². The first-order valence-corrected chi connectivity index (χ1v) is 5.87. The highest BCUT2D eigenvalue weighted by atomic mass is 16.4. The third-order valence-electron chi connectivity index (χ3n) is 3.13. The fourth-order valence-corrected chi connectivity index (χ4v) is 2.18. The first-order chi connectivity index (χ1) is 8.08. The predicted molar refractivity (Wildman–Crippen MR) is 65.6 cm³/mol. The summed E-state index contributed by atoms with van der Waals surface area (Å²) in [5, 5.41) is 18.2. The minimum Gasteiger partial charge on any atom is -0.478 e. The van der Waals surface area contributed by atoms with E-state index in [1.807, 2.05) is 6.07 Å². The maximum atomic E-state index is 10.9. The molecular formula is C13H17NO3. The van der Waals surface area contributed by atoms with Crippen molar-refractivity contribution in [3.63, 3.8) is 0 Å². The van der Waals surface area contributed by atoms with Crippen molar-refractivity contribution in [2.75, 3.05) is 18.0 Å². The summed E-state index contributed by atoms with van der Waals surface area (Å²) in [6.45, 7) is 3.51. The van der Waals surface area contributed by atoms with Gasteiger partial charge in [-0.2, -0.15) is 0 Å². The van der Waals surface area contributed by atoms with Gasteiger partial charge in [0.15, 0.2) is 0 Å². The van der Waals surface area contributed by atoms with Crippen LogP contribution in [0.4, 0.5) is 5.69 Å². The van der Waals surface area contributed by atoms with Gasteiger partial charge >= 0.3 is 5.97 Å². The normalized spacial score (nSPS) is 15.8. The molecular weight excluding hydrogens is 218 g/mol. The lowest BCUT2D eigenvalue weighted by Gasteiger charge is -2.20. The maximum Gasteiger partial charge on any atom is 0.335 e. The van der Waals surface area contributed by atoms with Gasteiger partial charge in [-0.15, -0.1) is 0 Å². The molecule has 92 valence electrons. The Balaban J connectivity index is 2.13. The molecule has 0 amide bonds. The molecule has 0 fully saturated rings. The number of aliphatic hydroxyl groups excluding tert-OH is 1. The fourth-order valence-electron chi connectivity index (χ4n) is 2.18. The van der Waals surface area contributed by atoms with Crippen LogP contribution in [0.5, 0.6) is 0 Å². The SMILES string of the molecule is CC(O)CCN1CCc2cc(C(=O)O)ccc21. The molecule has 1 aliphatic heterocycles. The number of hydrogen-bond acceptors (Lipinski definition) is 3. The van der Waals surface area contributed by atoms with Gasteiger partial charge in [-0.3, -0.25) is 0 Å². The third-order valence-corrected chi connectivity index (χ3v) is 3.13. The average molecular weight is 235 g/mol. The van der Waals surface area contributed by atoms with E-state index in [2.05, 4.69) is 4.90 Å². The summed E-state index contributed by atoms with van der Waals surface area (Å²) in [4.78, 5) is 13.1. The Morgan fingerprint density at radius 2 is 2.29 bits per heavy atom. The van der Waals surface area contributed by atoms with Crippen molar-refractivity contribution in [3.05, 3.63) is 29.3 Å². The molecule has 0 saturated carbocycles. The maximum absolute atomic E-state index is 10.9. The highest BCUT2D eigenvalue weighted by Crippen LogP contribution is 2.29. The summed E-state index contributed by atoms with van der Waals surface area (Å²) < 4.78 is 0. The first-order valence-electron chi connectivity index (χ1n) is 5.87. The Labute approximate surface area is 100 Å². The van der Waals surface area contributed by atoms with Crippen LogP contribution in [0, 0.1) is 0 Å². The summed E-state index contributed by atoms with van der Waals surface area (Å²) in [5.74, 6) is -0.879. The molecule has 0 radical (unpaired) electrons. The molecule has 1 unspecified atom stereocenters. The van der Waals surface area contributed by atoms with Gasteiger partial charge in [-0.05, 0) is 43.5 Å². The smallest absolute Gasteiger partial charge is 0.335 e. The van der Waals surface area contributed by atoms with Crippen LogP contribution in [-0.2, 0) is 6.42 Å². The molecule has 4 heteroatoms. The fraction of sp³-hybridized carbons (Fsp3) is 0.462. The van der Waals surface area contributed by atoms with E-state index in [9.17, 15) is 9.90 Å². The topological polar surface area (TPSA) is 60.8 Å². The van der Waals surface area contributed by atoms with E-state index >= 15 is 0 Å². The van der Waals surface area contributed by atoms with Gasteiger partial charge in [0.25, 0.3) is 0 Å². The summed E-state index contributed by atoms with van der Waals surface area (Å²) >= 11 is 0. The second kappa shape index (κ2) is 4.75. The summed E-state index contributed by atoms with van der Waals surface area (Å²) in [7, 11) is 0. The molecule has 0 aliphatic carbocycles.